The van der Waals surface area contributed by atoms with Crippen molar-refractivity contribution in [3.63, 3.8) is 0 Å². The number of benzene rings is 6. The summed E-state index contributed by atoms with van der Waals surface area (Å²) < 4.78 is 4.66. The molecule has 48 heavy (non-hydrogen) atoms. The van der Waals surface area contributed by atoms with Gasteiger partial charge in [-0.2, -0.15) is 0 Å². The molecule has 0 saturated heterocycles. The normalized spacial score (nSPS) is 11.8. The Morgan fingerprint density at radius 2 is 1.08 bits per heavy atom. The van der Waals surface area contributed by atoms with Crippen LogP contribution in [0.3, 0.4) is 0 Å². The second-order valence-corrected chi connectivity index (χ2v) is 11.9. The van der Waals surface area contributed by atoms with Gasteiger partial charge in [0, 0.05) is 39.0 Å². The molecule has 0 unspecified atom stereocenters. The standard InChI is InChI=1S/C42H26N6/c1-3-13-28(14-4-1)39-44-40(29-15-5-2-6-16-29)46-41(45-39)32-19-8-10-21-34(32)47-35-22-11-17-27-24-25-31-30-18-7-9-20-33(30)48(38(31)37(27)35)42-36(47)23-12-26-43-42/h1-26H. The first-order chi connectivity index (χ1) is 23.8. The van der Waals surface area contributed by atoms with E-state index < -0.39 is 0 Å². The van der Waals surface area contributed by atoms with E-state index in [1.54, 1.807) is 0 Å². The zero-order valence-electron chi connectivity index (χ0n) is 25.7. The minimum absolute atomic E-state index is 0.600. The van der Waals surface area contributed by atoms with Crippen molar-refractivity contribution in [2.24, 2.45) is 0 Å². The monoisotopic (exact) mass is 614 g/mol. The summed E-state index contributed by atoms with van der Waals surface area (Å²) in [6, 6.07) is 52.4. The summed E-state index contributed by atoms with van der Waals surface area (Å²) in [5, 5.41) is 4.75. The third kappa shape index (κ3) is 3.93. The topological polar surface area (TPSA) is 60.9 Å². The summed E-state index contributed by atoms with van der Waals surface area (Å²) >= 11 is 0. The summed E-state index contributed by atoms with van der Waals surface area (Å²) in [7, 11) is 0. The van der Waals surface area contributed by atoms with Gasteiger partial charge in [0.15, 0.2) is 23.1 Å². The lowest BCUT2D eigenvalue weighted by Gasteiger charge is -2.16. The maximum atomic E-state index is 5.12. The van der Waals surface area contributed by atoms with Crippen molar-refractivity contribution in [2.45, 2.75) is 0 Å². The van der Waals surface area contributed by atoms with Crippen molar-refractivity contribution in [1.29, 1.82) is 0 Å². The van der Waals surface area contributed by atoms with Gasteiger partial charge in [0.25, 0.3) is 0 Å². The van der Waals surface area contributed by atoms with Crippen LogP contribution in [0.2, 0.25) is 0 Å². The molecule has 4 aromatic heterocycles. The number of rotatable bonds is 4. The molecule has 224 valence electrons. The van der Waals surface area contributed by atoms with Gasteiger partial charge in [-0.15, -0.1) is 0 Å². The molecule has 0 amide bonds. The second kappa shape index (κ2) is 10.4. The molecule has 0 aliphatic rings. The van der Waals surface area contributed by atoms with Gasteiger partial charge in [-0.3, -0.25) is 4.40 Å². The fourth-order valence-electron chi connectivity index (χ4n) is 7.13. The predicted molar refractivity (Wildman–Crippen MR) is 194 cm³/mol. The van der Waals surface area contributed by atoms with Gasteiger partial charge in [0.1, 0.15) is 0 Å². The van der Waals surface area contributed by atoms with Crippen LogP contribution in [-0.4, -0.2) is 28.9 Å². The molecule has 6 aromatic carbocycles. The lowest BCUT2D eigenvalue weighted by molar-refractivity contribution is 1.06. The van der Waals surface area contributed by atoms with E-state index in [9.17, 15) is 0 Å². The van der Waals surface area contributed by atoms with E-state index >= 15 is 0 Å². The van der Waals surface area contributed by atoms with Crippen LogP contribution >= 0.6 is 0 Å². The lowest BCUT2D eigenvalue weighted by Crippen LogP contribution is -2.04. The zero-order valence-corrected chi connectivity index (χ0v) is 25.7. The number of hydrogen-bond donors (Lipinski definition) is 0. The molecule has 0 bridgehead atoms. The summed E-state index contributed by atoms with van der Waals surface area (Å²) in [5.41, 5.74) is 8.90. The van der Waals surface area contributed by atoms with Crippen molar-refractivity contribution in [3.8, 4) is 39.9 Å². The van der Waals surface area contributed by atoms with E-state index in [1.165, 1.54) is 16.2 Å². The maximum absolute atomic E-state index is 5.12. The first-order valence-corrected chi connectivity index (χ1v) is 16.0. The Balaban J connectivity index is 1.36. The van der Waals surface area contributed by atoms with Gasteiger partial charge in [0.05, 0.1) is 27.8 Å². The Morgan fingerprint density at radius 3 is 1.88 bits per heavy atom. The molecule has 0 fully saturated rings. The molecule has 6 nitrogen and oxygen atoms in total. The summed E-state index contributed by atoms with van der Waals surface area (Å²) in [6.07, 6.45) is 1.88. The Labute approximate surface area is 275 Å². The predicted octanol–water partition coefficient (Wildman–Crippen LogP) is 9.92. The molecule has 0 saturated carbocycles. The van der Waals surface area contributed by atoms with Crippen molar-refractivity contribution in [1.82, 2.24) is 28.9 Å². The third-order valence-electron chi connectivity index (χ3n) is 9.20. The largest absolute Gasteiger partial charge is 0.306 e. The first-order valence-electron chi connectivity index (χ1n) is 16.0. The highest BCUT2D eigenvalue weighted by Crippen LogP contribution is 2.40. The second-order valence-electron chi connectivity index (χ2n) is 11.9. The van der Waals surface area contributed by atoms with Gasteiger partial charge in [-0.05, 0) is 41.8 Å². The molecular formula is C42H26N6. The van der Waals surface area contributed by atoms with Crippen LogP contribution in [-0.2, 0) is 0 Å². The van der Waals surface area contributed by atoms with E-state index in [1.807, 2.05) is 79.0 Å². The molecule has 0 aliphatic carbocycles. The highest BCUT2D eigenvalue weighted by molar-refractivity contribution is 6.23. The van der Waals surface area contributed by atoms with E-state index in [0.717, 1.165) is 55.5 Å². The SMILES string of the molecule is c1ccc(-c2nc(-c3ccccc3)nc(-c3ccccc3-n3c4cccc5ccc6c7ccccc7n(c7ncccc73)c6c54)n2)cc1. The van der Waals surface area contributed by atoms with Crippen molar-refractivity contribution < 1.29 is 0 Å². The highest BCUT2D eigenvalue weighted by Gasteiger charge is 2.21. The number of pyridine rings is 1. The number of para-hydroxylation sites is 2. The van der Waals surface area contributed by atoms with Crippen LogP contribution in [0.25, 0.3) is 89.1 Å². The smallest absolute Gasteiger partial charge is 0.166 e. The van der Waals surface area contributed by atoms with Crippen molar-refractivity contribution in [2.75, 3.05) is 0 Å². The Hall–Kier alpha value is -6.66. The Morgan fingerprint density at radius 1 is 0.438 bits per heavy atom. The van der Waals surface area contributed by atoms with Crippen molar-refractivity contribution >= 4 is 49.3 Å². The van der Waals surface area contributed by atoms with E-state index in [0.29, 0.717) is 17.5 Å². The Kier molecular flexibility index (Phi) is 5.77. The lowest BCUT2D eigenvalue weighted by atomic mass is 10.0. The van der Waals surface area contributed by atoms with E-state index in [4.69, 9.17) is 19.9 Å². The molecule has 0 N–H and O–H groups in total. The van der Waals surface area contributed by atoms with Crippen LogP contribution in [0.5, 0.6) is 0 Å². The summed E-state index contributed by atoms with van der Waals surface area (Å²) in [6.45, 7) is 0. The quantitative estimate of drug-likeness (QED) is 0.198. The average Bonchev–Trinajstić information content (AvgIpc) is 3.44. The van der Waals surface area contributed by atoms with Crippen LogP contribution < -0.4 is 0 Å². The maximum Gasteiger partial charge on any atom is 0.166 e. The number of hydrogen-bond acceptors (Lipinski definition) is 4. The minimum atomic E-state index is 0.600. The molecular weight excluding hydrogens is 589 g/mol. The molecule has 0 atom stereocenters. The molecule has 0 aliphatic heterocycles. The van der Waals surface area contributed by atoms with Gasteiger partial charge in [-0.1, -0.05) is 115 Å². The van der Waals surface area contributed by atoms with E-state index in [-0.39, 0.29) is 0 Å². The fraction of sp³-hybridized carbons (Fsp3) is 0. The number of fused-ring (bicyclic) bond motifs is 5. The molecule has 6 heteroatoms. The molecule has 0 radical (unpaired) electrons. The van der Waals surface area contributed by atoms with Gasteiger partial charge in [-0.25, -0.2) is 19.9 Å². The molecule has 10 aromatic rings. The minimum Gasteiger partial charge on any atom is -0.306 e. The molecule has 0 spiro atoms. The summed E-state index contributed by atoms with van der Waals surface area (Å²) in [5.74, 6) is 1.85. The van der Waals surface area contributed by atoms with Crippen LogP contribution in [0, 0.1) is 0 Å². The first kappa shape index (κ1) is 26.5. The third-order valence-corrected chi connectivity index (χ3v) is 9.20. The molecule has 10 rings (SSSR count). The average molecular weight is 615 g/mol. The van der Waals surface area contributed by atoms with E-state index in [2.05, 4.69) is 87.8 Å². The number of nitrogens with zero attached hydrogens (tertiary/aromatic N) is 6. The number of aromatic nitrogens is 6. The van der Waals surface area contributed by atoms with Crippen LogP contribution in [0.1, 0.15) is 0 Å². The highest BCUT2D eigenvalue weighted by atomic mass is 15.1. The van der Waals surface area contributed by atoms with Crippen LogP contribution in [0.4, 0.5) is 0 Å². The van der Waals surface area contributed by atoms with Gasteiger partial charge in [0.2, 0.25) is 0 Å². The zero-order chi connectivity index (χ0) is 31.6. The Bertz CT molecular complexity index is 2760. The van der Waals surface area contributed by atoms with Crippen molar-refractivity contribution in [3.05, 3.63) is 158 Å². The molecule has 4 heterocycles. The van der Waals surface area contributed by atoms with Gasteiger partial charge < -0.3 is 4.57 Å². The summed E-state index contributed by atoms with van der Waals surface area (Å²) in [4.78, 5) is 20.3. The van der Waals surface area contributed by atoms with Gasteiger partial charge >= 0.3 is 0 Å². The van der Waals surface area contributed by atoms with Crippen LogP contribution in [0.15, 0.2) is 158 Å². The fourth-order valence-corrected chi connectivity index (χ4v) is 7.13.